The van der Waals surface area contributed by atoms with Crippen LogP contribution in [0, 0.1) is 23.3 Å². The van der Waals surface area contributed by atoms with Gasteiger partial charge in [0.15, 0.2) is 23.3 Å². The minimum absolute atomic E-state index is 0. The van der Waals surface area contributed by atoms with E-state index < -0.39 is 155 Å². The molecule has 8 bridgehead atoms. The van der Waals surface area contributed by atoms with Gasteiger partial charge in [-0.2, -0.15) is 16.8 Å². The van der Waals surface area contributed by atoms with Crippen molar-refractivity contribution < 1.29 is 107 Å². The molecule has 375 valence electrons. The molecule has 4 aromatic carbocycles. The van der Waals surface area contributed by atoms with Crippen molar-refractivity contribution in [1.82, 2.24) is 19.9 Å². The Labute approximate surface area is 422 Å². The van der Waals surface area contributed by atoms with Gasteiger partial charge in [0.05, 0.1) is 33.9 Å². The molecule has 5 heterocycles. The molecule has 3 aromatic heterocycles. The third-order valence-electron chi connectivity index (χ3n) is 10.7. The second kappa shape index (κ2) is 20.6. The van der Waals surface area contributed by atoms with Crippen LogP contribution in [0.4, 0.5) is 35.1 Å². The molecule has 16 nitrogen and oxygen atoms in total. The van der Waals surface area contributed by atoms with Crippen molar-refractivity contribution in [2.45, 2.75) is 19.6 Å². The molecule has 2 aliphatic heterocycles. The summed E-state index contributed by atoms with van der Waals surface area (Å²) >= 11 is 0.837. The zero-order chi connectivity index (χ0) is 51.6. The van der Waals surface area contributed by atoms with E-state index >= 15 is 35.1 Å². The minimum Gasteiger partial charge on any atom is -0.652 e. The molecule has 0 saturated carbocycles. The quantitative estimate of drug-likeness (QED) is 0.0222. The number of fused-ring (bicyclic) bond motifs is 8. The maximum atomic E-state index is 16.9. The molecule has 0 atom stereocenters. The van der Waals surface area contributed by atoms with Gasteiger partial charge in [-0.25, -0.2) is 55.6 Å². The Balaban J connectivity index is 0.00000711. The summed E-state index contributed by atoms with van der Waals surface area (Å²) < 4.78 is 212. The summed E-state index contributed by atoms with van der Waals surface area (Å²) in [5.41, 5.74) is -15.3. The van der Waals surface area contributed by atoms with Crippen LogP contribution in [0.5, 0.6) is 0 Å². The zero-order valence-corrected chi connectivity index (χ0v) is 39.6. The second-order valence-corrected chi connectivity index (χ2v) is 19.1. The Morgan fingerprint density at radius 1 is 0.411 bits per heavy atom. The molecule has 7 aromatic rings. The largest absolute Gasteiger partial charge is 2.00 e. The Morgan fingerprint density at radius 3 is 0.863 bits per heavy atom. The summed E-state index contributed by atoms with van der Waals surface area (Å²) in [5, 5.41) is 24.5. The molecular formula is C44H20F8MnN4O12S4. The first-order valence-electron chi connectivity index (χ1n) is 19.5. The number of benzene rings is 4. The van der Waals surface area contributed by atoms with Gasteiger partial charge in [0.1, 0.15) is 46.0 Å². The summed E-state index contributed by atoms with van der Waals surface area (Å²) in [5.74, 6) is -15.8. The van der Waals surface area contributed by atoms with E-state index in [-0.39, 0.29) is 38.0 Å². The third kappa shape index (κ3) is 9.72. The van der Waals surface area contributed by atoms with Gasteiger partial charge >= 0.3 is 17.1 Å². The smallest absolute Gasteiger partial charge is 0.652 e. The molecule has 29 heteroatoms. The van der Waals surface area contributed by atoms with Crippen LogP contribution in [-0.4, -0.2) is 46.4 Å². The molecule has 2 aliphatic rings. The van der Waals surface area contributed by atoms with E-state index in [1.807, 2.05) is 0 Å². The molecule has 0 amide bonds. The van der Waals surface area contributed by atoms with Crippen LogP contribution in [-0.2, 0) is 56.0 Å². The van der Waals surface area contributed by atoms with E-state index in [9.17, 15) is 25.9 Å². The number of rotatable bonds is 12. The van der Waals surface area contributed by atoms with Crippen LogP contribution in [0.25, 0.3) is 89.9 Å². The van der Waals surface area contributed by atoms with E-state index in [0.717, 1.165) is 48.5 Å². The predicted octanol–water partition coefficient (Wildman–Crippen LogP) is 11.7. The van der Waals surface area contributed by atoms with Crippen LogP contribution in [0.15, 0.2) is 117 Å². The molecule has 0 spiro atoms. The van der Waals surface area contributed by atoms with Crippen molar-refractivity contribution in [3.8, 4) is 44.5 Å². The fourth-order valence-electron chi connectivity index (χ4n) is 7.59. The van der Waals surface area contributed by atoms with Crippen molar-refractivity contribution >= 4 is 89.7 Å². The molecule has 4 N–H and O–H groups in total. The van der Waals surface area contributed by atoms with Gasteiger partial charge in [-0.15, -0.1) is 8.67 Å². The summed E-state index contributed by atoms with van der Waals surface area (Å²) in [4.78, 5) is 15.0. The van der Waals surface area contributed by atoms with Crippen LogP contribution in [0.3, 0.4) is 0 Å². The van der Waals surface area contributed by atoms with E-state index in [1.165, 1.54) is 24.3 Å². The average molecular weight is 1130 g/mol. The predicted molar refractivity (Wildman–Crippen MR) is 240 cm³/mol. The molecule has 0 unspecified atom stereocenters. The first-order chi connectivity index (χ1) is 34.2. The van der Waals surface area contributed by atoms with Gasteiger partial charge in [-0.05, 0) is 93.0 Å². The van der Waals surface area contributed by atoms with Gasteiger partial charge in [0.2, 0.25) is 0 Å². The van der Waals surface area contributed by atoms with Crippen molar-refractivity contribution in [1.29, 1.82) is 0 Å². The number of hydrogen-bond donors (Lipinski definition) is 4. The molecule has 0 aliphatic carbocycles. The second-order valence-electron chi connectivity index (χ2n) is 14.7. The monoisotopic (exact) mass is 1130 g/mol. The standard InChI is InChI=1S/C44H20F8N4O12S4.Mn/c45-29-30(46)38-26(18-3-11-22(12-4-18)70-68-66-58)40-32(48)34(50)42(55-40)28(20-7-15-24(16-8-20)72(62,63)64)44-36(52)35(51)43(56-44)27(19-5-13-23(14-6-19)71(59,60)61)41-33(49)31(47)39(54-41)25(37(29)53-38)17-1-9-21(10-2-17)69-67-65-57;/h1-16,57-58H,(H,59,60,61)(H,62,63,64);/q-2;+2. The van der Waals surface area contributed by atoms with Crippen LogP contribution in [0.2, 0.25) is 0 Å². The first-order valence-corrected chi connectivity index (χ1v) is 23.8. The third-order valence-corrected chi connectivity index (χ3v) is 13.6. The molecular weight excluding hydrogens is 1110 g/mol. The van der Waals surface area contributed by atoms with Gasteiger partial charge < -0.3 is 9.97 Å². The van der Waals surface area contributed by atoms with E-state index in [2.05, 4.69) is 38.7 Å². The maximum absolute atomic E-state index is 16.9. The van der Waals surface area contributed by atoms with Crippen molar-refractivity contribution in [3.63, 3.8) is 0 Å². The normalized spacial score (nSPS) is 13.0. The number of hydrogen-bond acceptors (Lipinski definition) is 14. The van der Waals surface area contributed by atoms with Gasteiger partial charge in [0.25, 0.3) is 20.2 Å². The SMILES string of the molecule is O=S(=O)(O)c1ccc(-c2c3nc(c(-c4ccc(SOOO)cc4)c4[n-]c(c(F)c4F)c(-c4ccc(SOOO)cc4)c4nc(c(-c5ccc(S(=O)(=O)O)cc5)c5[n-]c2c(F)c5F)C(F)=C4F)C(F)=C3F)cc1.[Mn+2]. The topological polar surface area (TPSA) is 240 Å². The molecule has 0 fully saturated rings. The molecule has 9 rings (SSSR count). The van der Waals surface area contributed by atoms with Crippen LogP contribution < -0.4 is 9.97 Å². The van der Waals surface area contributed by atoms with E-state index in [0.29, 0.717) is 48.4 Å². The Hall–Kier alpha value is -6.28. The van der Waals surface area contributed by atoms with E-state index in [1.54, 1.807) is 0 Å². The molecule has 1 radical (unpaired) electrons. The summed E-state index contributed by atoms with van der Waals surface area (Å²) in [6.07, 6.45) is 0. The molecule has 0 saturated heterocycles. The maximum Gasteiger partial charge on any atom is 2.00 e. The zero-order valence-electron chi connectivity index (χ0n) is 35.1. The van der Waals surface area contributed by atoms with Crippen molar-refractivity contribution in [2.75, 3.05) is 0 Å². The summed E-state index contributed by atoms with van der Waals surface area (Å²) in [7, 11) is -9.91. The van der Waals surface area contributed by atoms with E-state index in [4.69, 9.17) is 10.5 Å². The minimum atomic E-state index is -4.96. The van der Waals surface area contributed by atoms with Gasteiger partial charge in [0, 0.05) is 9.79 Å². The van der Waals surface area contributed by atoms with Gasteiger partial charge in [-0.1, -0.05) is 80.7 Å². The number of halogens is 8. The van der Waals surface area contributed by atoms with Gasteiger partial charge in [-0.3, -0.25) is 9.11 Å². The molecule has 73 heavy (non-hydrogen) atoms. The van der Waals surface area contributed by atoms with Crippen LogP contribution >= 0.6 is 24.1 Å². The Morgan fingerprint density at radius 2 is 0.644 bits per heavy atom. The number of aromatic nitrogens is 4. The Kier molecular flexibility index (Phi) is 14.9. The van der Waals surface area contributed by atoms with Crippen LogP contribution in [0.1, 0.15) is 22.8 Å². The Bertz CT molecular complexity index is 3620. The summed E-state index contributed by atoms with van der Waals surface area (Å²) in [6.45, 7) is 0. The first kappa shape index (κ1) is 53.0. The van der Waals surface area contributed by atoms with Crippen molar-refractivity contribution in [3.05, 3.63) is 143 Å². The fraction of sp³-hybridized carbons (Fsp3) is 0. The van der Waals surface area contributed by atoms with Crippen molar-refractivity contribution in [2.24, 2.45) is 0 Å². The average Bonchev–Trinajstić information content (AvgIpc) is 4.02. The fourth-order valence-corrected chi connectivity index (χ4v) is 9.26. The number of nitrogens with zero attached hydrogens (tertiary/aromatic N) is 4. The summed E-state index contributed by atoms with van der Waals surface area (Å²) in [6, 6.07) is 15.3.